The molecule has 0 radical (unpaired) electrons. The minimum atomic E-state index is 0.691. The molecule has 2 N–H and O–H groups in total. The van der Waals surface area contributed by atoms with E-state index in [-0.39, 0.29) is 0 Å². The first-order valence-electron chi connectivity index (χ1n) is 3.43. The molecule has 0 aliphatic rings. The van der Waals surface area contributed by atoms with Gasteiger partial charge in [0.2, 0.25) is 0 Å². The number of halogens is 1. The van der Waals surface area contributed by atoms with Crippen molar-refractivity contribution in [2.45, 2.75) is 0 Å². The van der Waals surface area contributed by atoms with Crippen LogP contribution in [0.25, 0.3) is 5.70 Å². The van der Waals surface area contributed by atoms with E-state index in [1.54, 1.807) is 24.5 Å². The van der Waals surface area contributed by atoms with Gasteiger partial charge in [-0.15, -0.1) is 0 Å². The van der Waals surface area contributed by atoms with Gasteiger partial charge in [-0.05, 0) is 34.7 Å². The highest BCUT2D eigenvalue weighted by molar-refractivity contribution is 14.1. The molecule has 2 nitrogen and oxygen atoms in total. The lowest BCUT2D eigenvalue weighted by molar-refractivity contribution is 1.28. The zero-order chi connectivity index (χ0) is 8.97. The van der Waals surface area contributed by atoms with E-state index in [2.05, 4.69) is 34.2 Å². The Hall–Kier alpha value is -0.840. The summed E-state index contributed by atoms with van der Waals surface area (Å²) < 4.78 is 1.07. The number of pyridine rings is 1. The number of hydrogen-bond acceptors (Lipinski definition) is 2. The molecule has 0 amide bonds. The molecule has 12 heavy (non-hydrogen) atoms. The van der Waals surface area contributed by atoms with Gasteiger partial charge in [0.05, 0.1) is 0 Å². The van der Waals surface area contributed by atoms with E-state index in [0.717, 1.165) is 9.13 Å². The average molecular weight is 272 g/mol. The smallest absolute Gasteiger partial charge is 0.0403 e. The Morgan fingerprint density at radius 1 is 1.58 bits per heavy atom. The number of allylic oxidation sites excluding steroid dienone is 2. The van der Waals surface area contributed by atoms with Gasteiger partial charge in [0, 0.05) is 27.2 Å². The quantitative estimate of drug-likeness (QED) is 0.662. The van der Waals surface area contributed by atoms with Crippen LogP contribution in [0.2, 0.25) is 0 Å². The summed E-state index contributed by atoms with van der Waals surface area (Å²) in [6.45, 7) is 3.57. The molecule has 0 atom stereocenters. The SMILES string of the molecule is C=C/C=C(/N)c1cncc(I)c1. The summed E-state index contributed by atoms with van der Waals surface area (Å²) in [7, 11) is 0. The molecule has 0 unspecified atom stereocenters. The van der Waals surface area contributed by atoms with Crippen molar-refractivity contribution in [3.63, 3.8) is 0 Å². The third-order valence-corrected chi connectivity index (χ3v) is 1.93. The minimum Gasteiger partial charge on any atom is -0.398 e. The fourth-order valence-corrected chi connectivity index (χ4v) is 1.29. The van der Waals surface area contributed by atoms with Gasteiger partial charge in [-0.1, -0.05) is 12.7 Å². The normalized spacial score (nSPS) is 11.2. The maximum atomic E-state index is 5.72. The van der Waals surface area contributed by atoms with Crippen molar-refractivity contribution in [1.82, 2.24) is 4.98 Å². The van der Waals surface area contributed by atoms with E-state index in [4.69, 9.17) is 5.73 Å². The van der Waals surface area contributed by atoms with Crippen LogP contribution in [-0.4, -0.2) is 4.98 Å². The van der Waals surface area contributed by atoms with E-state index in [0.29, 0.717) is 5.70 Å². The number of nitrogens with zero attached hydrogens (tertiary/aromatic N) is 1. The molecule has 1 aromatic heterocycles. The van der Waals surface area contributed by atoms with Crippen LogP contribution >= 0.6 is 22.6 Å². The van der Waals surface area contributed by atoms with Gasteiger partial charge in [0.15, 0.2) is 0 Å². The van der Waals surface area contributed by atoms with Crippen LogP contribution in [-0.2, 0) is 0 Å². The highest BCUT2D eigenvalue weighted by Crippen LogP contribution is 2.10. The van der Waals surface area contributed by atoms with Crippen LogP contribution in [0.3, 0.4) is 0 Å². The summed E-state index contributed by atoms with van der Waals surface area (Å²) in [5.41, 5.74) is 7.34. The molecule has 0 saturated carbocycles. The molecule has 1 rings (SSSR count). The van der Waals surface area contributed by atoms with Crippen molar-refractivity contribution >= 4 is 28.3 Å². The van der Waals surface area contributed by atoms with E-state index in [9.17, 15) is 0 Å². The second-order valence-electron chi connectivity index (χ2n) is 2.25. The largest absolute Gasteiger partial charge is 0.398 e. The first kappa shape index (κ1) is 9.25. The van der Waals surface area contributed by atoms with Crippen LogP contribution in [0.1, 0.15) is 5.56 Å². The van der Waals surface area contributed by atoms with E-state index in [1.165, 1.54) is 0 Å². The molecule has 1 aromatic rings. The first-order chi connectivity index (χ1) is 5.74. The van der Waals surface area contributed by atoms with Crippen LogP contribution in [0.15, 0.2) is 37.2 Å². The summed E-state index contributed by atoms with van der Waals surface area (Å²) in [6.07, 6.45) is 6.94. The summed E-state index contributed by atoms with van der Waals surface area (Å²) in [5, 5.41) is 0. The van der Waals surface area contributed by atoms with Crippen molar-refractivity contribution in [2.75, 3.05) is 0 Å². The van der Waals surface area contributed by atoms with Crippen molar-refractivity contribution in [2.24, 2.45) is 5.73 Å². The molecule has 0 bridgehead atoms. The molecule has 0 aliphatic carbocycles. The topological polar surface area (TPSA) is 38.9 Å². The molecule has 3 heteroatoms. The Balaban J connectivity index is 3.03. The van der Waals surface area contributed by atoms with Crippen molar-refractivity contribution in [3.05, 3.63) is 46.3 Å². The van der Waals surface area contributed by atoms with Crippen molar-refractivity contribution in [1.29, 1.82) is 0 Å². The van der Waals surface area contributed by atoms with Gasteiger partial charge in [-0.3, -0.25) is 4.98 Å². The van der Waals surface area contributed by atoms with E-state index in [1.807, 2.05) is 6.07 Å². The lowest BCUT2D eigenvalue weighted by Crippen LogP contribution is -1.96. The summed E-state index contributed by atoms with van der Waals surface area (Å²) >= 11 is 2.20. The Kier molecular flexibility index (Phi) is 3.28. The number of aromatic nitrogens is 1. The minimum absolute atomic E-state index is 0.691. The van der Waals surface area contributed by atoms with Crippen LogP contribution in [0, 0.1) is 3.57 Å². The predicted octanol–water partition coefficient (Wildman–Crippen LogP) is 2.17. The summed E-state index contributed by atoms with van der Waals surface area (Å²) in [5.74, 6) is 0. The van der Waals surface area contributed by atoms with Gasteiger partial charge in [0.25, 0.3) is 0 Å². The van der Waals surface area contributed by atoms with Gasteiger partial charge >= 0.3 is 0 Å². The molecule has 0 aliphatic heterocycles. The Labute approximate surface area is 85.3 Å². The Morgan fingerprint density at radius 2 is 2.33 bits per heavy atom. The van der Waals surface area contributed by atoms with Crippen LogP contribution in [0.5, 0.6) is 0 Å². The lowest BCUT2D eigenvalue weighted by Gasteiger charge is -1.99. The highest BCUT2D eigenvalue weighted by atomic mass is 127. The maximum absolute atomic E-state index is 5.72. The molecule has 0 spiro atoms. The third kappa shape index (κ3) is 2.34. The zero-order valence-electron chi connectivity index (χ0n) is 6.50. The third-order valence-electron chi connectivity index (χ3n) is 1.34. The average Bonchev–Trinajstić information content (AvgIpc) is 2.05. The zero-order valence-corrected chi connectivity index (χ0v) is 8.65. The molecule has 0 fully saturated rings. The molecule has 0 saturated heterocycles. The van der Waals surface area contributed by atoms with Gasteiger partial charge in [-0.25, -0.2) is 0 Å². The summed E-state index contributed by atoms with van der Waals surface area (Å²) in [6, 6.07) is 1.98. The van der Waals surface area contributed by atoms with E-state index >= 15 is 0 Å². The predicted molar refractivity (Wildman–Crippen MR) is 59.3 cm³/mol. The molecule has 62 valence electrons. The van der Waals surface area contributed by atoms with Crippen LogP contribution < -0.4 is 5.73 Å². The van der Waals surface area contributed by atoms with E-state index < -0.39 is 0 Å². The first-order valence-corrected chi connectivity index (χ1v) is 4.51. The standard InChI is InChI=1S/C9H9IN2/c1-2-3-9(11)7-4-8(10)6-12-5-7/h2-6H,1,11H2/b9-3+. The maximum Gasteiger partial charge on any atom is 0.0403 e. The van der Waals surface area contributed by atoms with Gasteiger partial charge in [-0.2, -0.15) is 0 Å². The van der Waals surface area contributed by atoms with Gasteiger partial charge in [0.1, 0.15) is 0 Å². The number of rotatable bonds is 2. The fraction of sp³-hybridized carbons (Fsp3) is 0. The Morgan fingerprint density at radius 3 is 2.92 bits per heavy atom. The molecule has 0 aromatic carbocycles. The monoisotopic (exact) mass is 272 g/mol. The second-order valence-corrected chi connectivity index (χ2v) is 3.50. The summed E-state index contributed by atoms with van der Waals surface area (Å²) in [4.78, 5) is 4.02. The van der Waals surface area contributed by atoms with Crippen molar-refractivity contribution in [3.8, 4) is 0 Å². The Bertz CT molecular complexity index is 318. The molecular formula is C9H9IN2. The second kappa shape index (κ2) is 4.25. The van der Waals surface area contributed by atoms with Crippen LogP contribution in [0.4, 0.5) is 0 Å². The highest BCUT2D eigenvalue weighted by Gasteiger charge is 1.95. The number of nitrogens with two attached hydrogens (primary N) is 1. The lowest BCUT2D eigenvalue weighted by atomic mass is 10.2. The molecule has 1 heterocycles. The molecular weight excluding hydrogens is 263 g/mol. The van der Waals surface area contributed by atoms with Crippen molar-refractivity contribution < 1.29 is 0 Å². The number of hydrogen-bond donors (Lipinski definition) is 1. The fourth-order valence-electron chi connectivity index (χ4n) is 0.793. The van der Waals surface area contributed by atoms with Gasteiger partial charge < -0.3 is 5.73 Å².